The summed E-state index contributed by atoms with van der Waals surface area (Å²) in [4.78, 5) is 31.5. The first-order valence-electron chi connectivity index (χ1n) is 4.46. The Morgan fingerprint density at radius 3 is 3.00 bits per heavy atom. The summed E-state index contributed by atoms with van der Waals surface area (Å²) in [5.41, 5.74) is 1.10. The quantitative estimate of drug-likeness (QED) is 0.384. The molecule has 0 aliphatic heterocycles. The second-order valence-electron chi connectivity index (χ2n) is 3.05. The number of aromatic nitrogens is 4. The lowest BCUT2D eigenvalue weighted by molar-refractivity contribution is 0.0265. The standard InChI is InChI=1S/C7H9N4O5P/c12-17(13,14)4-15-3-16-7-8-1-5-6(11-7)10-2-9-5/h1-2H,3-4H2,(H2,12,13,14)(H,8,9,10,11). The van der Waals surface area contributed by atoms with Crippen molar-refractivity contribution in [3.05, 3.63) is 12.5 Å². The molecule has 0 aromatic carbocycles. The summed E-state index contributed by atoms with van der Waals surface area (Å²) in [6.45, 7) is -0.346. The molecule has 2 heterocycles. The van der Waals surface area contributed by atoms with Crippen molar-refractivity contribution >= 4 is 18.8 Å². The van der Waals surface area contributed by atoms with Crippen molar-refractivity contribution in [3.63, 3.8) is 0 Å². The molecule has 0 radical (unpaired) electrons. The summed E-state index contributed by atoms with van der Waals surface area (Å²) in [5, 5.41) is 0. The van der Waals surface area contributed by atoms with Gasteiger partial charge in [0.15, 0.2) is 18.8 Å². The average Bonchev–Trinajstić information content (AvgIpc) is 2.70. The van der Waals surface area contributed by atoms with Crippen LogP contribution in [0.2, 0.25) is 0 Å². The van der Waals surface area contributed by atoms with Gasteiger partial charge in [0.25, 0.3) is 0 Å². The predicted octanol–water partition coefficient (Wildman–Crippen LogP) is -0.159. The van der Waals surface area contributed by atoms with Crippen LogP contribution in [0.1, 0.15) is 0 Å². The number of hydrogen-bond donors (Lipinski definition) is 3. The van der Waals surface area contributed by atoms with Gasteiger partial charge in [0.1, 0.15) is 5.52 Å². The van der Waals surface area contributed by atoms with Crippen LogP contribution in [-0.4, -0.2) is 42.9 Å². The molecule has 10 heteroatoms. The minimum atomic E-state index is -4.18. The molecule has 3 N–H and O–H groups in total. The molecule has 0 aliphatic rings. The first-order valence-corrected chi connectivity index (χ1v) is 6.25. The third-order valence-corrected chi connectivity index (χ3v) is 2.20. The number of imidazole rings is 1. The number of fused-ring (bicyclic) bond motifs is 1. The molecule has 0 saturated heterocycles. The molecular weight excluding hydrogens is 251 g/mol. The van der Waals surface area contributed by atoms with Gasteiger partial charge in [-0.2, -0.15) is 4.98 Å². The molecule has 92 valence electrons. The van der Waals surface area contributed by atoms with Crippen LogP contribution in [0.15, 0.2) is 12.5 Å². The molecule has 0 fully saturated rings. The third-order valence-electron chi connectivity index (χ3n) is 1.68. The highest BCUT2D eigenvalue weighted by Crippen LogP contribution is 2.33. The van der Waals surface area contributed by atoms with E-state index in [-0.39, 0.29) is 12.8 Å². The molecule has 0 bridgehead atoms. The van der Waals surface area contributed by atoms with E-state index in [1.54, 1.807) is 0 Å². The molecule has 0 amide bonds. The summed E-state index contributed by atoms with van der Waals surface area (Å²) in [5.74, 6) is 0. The van der Waals surface area contributed by atoms with E-state index in [2.05, 4.69) is 24.7 Å². The van der Waals surface area contributed by atoms with Crippen LogP contribution in [0.3, 0.4) is 0 Å². The Kier molecular flexibility index (Phi) is 3.34. The lowest BCUT2D eigenvalue weighted by Gasteiger charge is -2.06. The van der Waals surface area contributed by atoms with Crippen LogP contribution in [0, 0.1) is 0 Å². The molecule has 2 rings (SSSR count). The number of rotatable bonds is 5. The maximum absolute atomic E-state index is 10.5. The van der Waals surface area contributed by atoms with Crippen LogP contribution >= 0.6 is 7.60 Å². The van der Waals surface area contributed by atoms with Crippen LogP contribution in [0.5, 0.6) is 6.01 Å². The number of nitrogens with one attached hydrogen (secondary N) is 1. The highest BCUT2D eigenvalue weighted by atomic mass is 31.2. The van der Waals surface area contributed by atoms with Crippen LogP contribution < -0.4 is 4.74 Å². The molecule has 9 nitrogen and oxygen atoms in total. The number of H-pyrrole nitrogens is 1. The Hall–Kier alpha value is -1.54. The van der Waals surface area contributed by atoms with Crippen molar-refractivity contribution in [2.24, 2.45) is 0 Å². The van der Waals surface area contributed by atoms with Gasteiger partial charge in [0.2, 0.25) is 0 Å². The molecule has 17 heavy (non-hydrogen) atoms. The van der Waals surface area contributed by atoms with Gasteiger partial charge in [-0.15, -0.1) is 0 Å². The fourth-order valence-corrected chi connectivity index (χ4v) is 1.35. The number of ether oxygens (including phenoxy) is 2. The second-order valence-corrected chi connectivity index (χ2v) is 4.64. The molecule has 0 saturated carbocycles. The molecule has 2 aromatic rings. The Balaban J connectivity index is 1.88. The fourth-order valence-electron chi connectivity index (χ4n) is 1.04. The lowest BCUT2D eigenvalue weighted by atomic mass is 10.6. The molecule has 0 spiro atoms. The van der Waals surface area contributed by atoms with E-state index in [1.165, 1.54) is 12.5 Å². The highest BCUT2D eigenvalue weighted by molar-refractivity contribution is 7.51. The Labute approximate surface area is 95.0 Å². The number of aromatic amines is 1. The maximum Gasteiger partial charge on any atom is 0.351 e. The summed E-state index contributed by atoms with van der Waals surface area (Å²) in [7, 11) is -4.18. The molecular formula is C7H9N4O5P. The number of hydrogen-bond acceptors (Lipinski definition) is 6. The highest BCUT2D eigenvalue weighted by Gasteiger charge is 2.12. The second kappa shape index (κ2) is 4.76. The fraction of sp³-hybridized carbons (Fsp3) is 0.286. The van der Waals surface area contributed by atoms with Crippen molar-refractivity contribution in [2.75, 3.05) is 13.1 Å². The zero-order valence-electron chi connectivity index (χ0n) is 8.48. The predicted molar refractivity (Wildman–Crippen MR) is 55.2 cm³/mol. The largest absolute Gasteiger partial charge is 0.436 e. The van der Waals surface area contributed by atoms with Crippen molar-refractivity contribution in [1.82, 2.24) is 19.9 Å². The summed E-state index contributed by atoms with van der Waals surface area (Å²) in [6, 6.07) is 0.0234. The Morgan fingerprint density at radius 2 is 2.24 bits per heavy atom. The van der Waals surface area contributed by atoms with Gasteiger partial charge in [-0.25, -0.2) is 9.97 Å². The van der Waals surface area contributed by atoms with Gasteiger partial charge in [0, 0.05) is 0 Å². The van der Waals surface area contributed by atoms with E-state index < -0.39 is 13.9 Å². The number of nitrogens with zero attached hydrogens (tertiary/aromatic N) is 3. The Bertz CT molecular complexity index is 552. The van der Waals surface area contributed by atoms with E-state index >= 15 is 0 Å². The SMILES string of the molecule is O=P(O)(O)COCOc1ncc2[nH]cnc2n1. The average molecular weight is 260 g/mol. The zero-order chi connectivity index (χ0) is 12.3. The Morgan fingerprint density at radius 1 is 1.41 bits per heavy atom. The molecule has 2 aromatic heterocycles. The maximum atomic E-state index is 10.5. The topological polar surface area (TPSA) is 130 Å². The van der Waals surface area contributed by atoms with Crippen LogP contribution in [-0.2, 0) is 9.30 Å². The molecule has 0 unspecified atom stereocenters. The van der Waals surface area contributed by atoms with Crippen LogP contribution in [0.25, 0.3) is 11.2 Å². The third kappa shape index (κ3) is 3.46. The smallest absolute Gasteiger partial charge is 0.351 e. The van der Waals surface area contributed by atoms with Gasteiger partial charge in [-0.1, -0.05) is 0 Å². The minimum Gasteiger partial charge on any atom is -0.436 e. The van der Waals surface area contributed by atoms with Gasteiger partial charge in [-0.05, 0) is 0 Å². The first kappa shape index (κ1) is 11.9. The van der Waals surface area contributed by atoms with Gasteiger partial charge >= 0.3 is 13.6 Å². The van der Waals surface area contributed by atoms with Gasteiger partial charge in [-0.3, -0.25) is 4.57 Å². The summed E-state index contributed by atoms with van der Waals surface area (Å²) < 4.78 is 20.0. The van der Waals surface area contributed by atoms with E-state index in [0.29, 0.717) is 11.2 Å². The lowest BCUT2D eigenvalue weighted by Crippen LogP contribution is -2.06. The molecule has 0 atom stereocenters. The monoisotopic (exact) mass is 260 g/mol. The van der Waals surface area contributed by atoms with Crippen molar-refractivity contribution in [3.8, 4) is 6.01 Å². The van der Waals surface area contributed by atoms with Crippen molar-refractivity contribution in [2.45, 2.75) is 0 Å². The van der Waals surface area contributed by atoms with E-state index in [9.17, 15) is 4.57 Å². The first-order chi connectivity index (χ1) is 8.04. The van der Waals surface area contributed by atoms with Crippen molar-refractivity contribution in [1.29, 1.82) is 0 Å². The molecule has 0 aliphatic carbocycles. The van der Waals surface area contributed by atoms with Crippen molar-refractivity contribution < 1.29 is 23.8 Å². The van der Waals surface area contributed by atoms with Gasteiger partial charge in [0.05, 0.1) is 12.5 Å². The zero-order valence-corrected chi connectivity index (χ0v) is 9.37. The minimum absolute atomic E-state index is 0.0234. The van der Waals surface area contributed by atoms with E-state index in [0.717, 1.165) is 0 Å². The normalized spacial score (nSPS) is 11.9. The van der Waals surface area contributed by atoms with Gasteiger partial charge < -0.3 is 24.2 Å². The van der Waals surface area contributed by atoms with Crippen LogP contribution in [0.4, 0.5) is 0 Å². The van der Waals surface area contributed by atoms with E-state index in [4.69, 9.17) is 14.5 Å². The summed E-state index contributed by atoms with van der Waals surface area (Å²) in [6.07, 6.45) is 2.23. The van der Waals surface area contributed by atoms with E-state index in [1.807, 2.05) is 0 Å². The summed E-state index contributed by atoms with van der Waals surface area (Å²) >= 11 is 0.